The van der Waals surface area contributed by atoms with Crippen LogP contribution in [-0.2, 0) is 6.42 Å². The van der Waals surface area contributed by atoms with Crippen LogP contribution >= 0.6 is 11.8 Å². The van der Waals surface area contributed by atoms with Crippen molar-refractivity contribution in [2.24, 2.45) is 4.99 Å². The average molecular weight is 307 g/mol. The van der Waals surface area contributed by atoms with Crippen molar-refractivity contribution >= 4 is 17.7 Å². The third kappa shape index (κ3) is 5.50. The number of hydrogen-bond acceptors (Lipinski definition) is 3. The van der Waals surface area contributed by atoms with Crippen LogP contribution in [0.2, 0.25) is 0 Å². The Bertz CT molecular complexity index is 450. The molecule has 0 radical (unpaired) electrons. The maximum Gasteiger partial charge on any atom is 0.191 e. The Labute approximate surface area is 131 Å². The molecule has 0 aromatic carbocycles. The fourth-order valence-corrected chi connectivity index (χ4v) is 3.54. The summed E-state index contributed by atoms with van der Waals surface area (Å²) in [5.74, 6) is 3.10. The zero-order chi connectivity index (χ0) is 15.0. The summed E-state index contributed by atoms with van der Waals surface area (Å²) in [6.45, 7) is 8.42. The molecule has 2 rings (SSSR count). The molecule has 1 aliphatic heterocycles. The largest absolute Gasteiger partial charge is 0.469 e. The summed E-state index contributed by atoms with van der Waals surface area (Å²) in [6.07, 6.45) is 6.96. The Balaban J connectivity index is 1.82. The highest BCUT2D eigenvalue weighted by atomic mass is 32.2. The molecule has 21 heavy (non-hydrogen) atoms. The molecule has 1 aliphatic rings. The van der Waals surface area contributed by atoms with Crippen LogP contribution in [0.4, 0.5) is 0 Å². The van der Waals surface area contributed by atoms with Gasteiger partial charge in [0.15, 0.2) is 5.96 Å². The normalized spacial score (nSPS) is 22.2. The molecule has 1 atom stereocenters. The first-order chi connectivity index (χ1) is 10.2. The summed E-state index contributed by atoms with van der Waals surface area (Å²) in [4.78, 5) is 4.73. The van der Waals surface area contributed by atoms with Crippen molar-refractivity contribution in [1.82, 2.24) is 10.6 Å². The second-order valence-electron chi connectivity index (χ2n) is 5.49. The molecule has 0 saturated carbocycles. The van der Waals surface area contributed by atoms with Crippen LogP contribution in [0.1, 0.15) is 25.5 Å². The highest BCUT2D eigenvalue weighted by Gasteiger charge is 2.29. The topological polar surface area (TPSA) is 49.6 Å². The molecule has 2 heterocycles. The predicted molar refractivity (Wildman–Crippen MR) is 91.0 cm³/mol. The smallest absolute Gasteiger partial charge is 0.191 e. The molecule has 1 aromatic rings. The summed E-state index contributed by atoms with van der Waals surface area (Å²) in [7, 11) is 0. The first-order valence-corrected chi connectivity index (χ1v) is 8.50. The first kappa shape index (κ1) is 16.0. The van der Waals surface area contributed by atoms with E-state index in [-0.39, 0.29) is 0 Å². The van der Waals surface area contributed by atoms with Crippen LogP contribution in [0, 0.1) is 0 Å². The number of nitrogens with zero attached hydrogens (tertiary/aromatic N) is 1. The molecule has 2 N–H and O–H groups in total. The Morgan fingerprint density at radius 2 is 2.48 bits per heavy atom. The predicted octanol–water partition coefficient (Wildman–Crippen LogP) is 2.83. The highest BCUT2D eigenvalue weighted by molar-refractivity contribution is 8.00. The van der Waals surface area contributed by atoms with E-state index >= 15 is 0 Å². The van der Waals surface area contributed by atoms with Crippen molar-refractivity contribution in [2.75, 3.05) is 25.4 Å². The van der Waals surface area contributed by atoms with Crippen LogP contribution in [0.15, 0.2) is 40.5 Å². The van der Waals surface area contributed by atoms with Crippen LogP contribution < -0.4 is 10.6 Å². The molecule has 0 spiro atoms. The Hall–Kier alpha value is -1.36. The molecule has 1 unspecified atom stereocenters. The molecule has 1 saturated heterocycles. The lowest BCUT2D eigenvalue weighted by Crippen LogP contribution is -2.39. The number of furan rings is 1. The van der Waals surface area contributed by atoms with Gasteiger partial charge in [-0.3, -0.25) is 4.99 Å². The van der Waals surface area contributed by atoms with Gasteiger partial charge >= 0.3 is 0 Å². The summed E-state index contributed by atoms with van der Waals surface area (Å²) >= 11 is 2.03. The maximum atomic E-state index is 5.33. The van der Waals surface area contributed by atoms with Gasteiger partial charge in [0.1, 0.15) is 5.76 Å². The van der Waals surface area contributed by atoms with E-state index in [1.165, 1.54) is 18.6 Å². The Morgan fingerprint density at radius 3 is 3.14 bits per heavy atom. The fraction of sp³-hybridized carbons (Fsp3) is 0.562. The average Bonchev–Trinajstić information content (AvgIpc) is 3.13. The number of hydrogen-bond donors (Lipinski definition) is 2. The molecule has 0 bridgehead atoms. The van der Waals surface area contributed by atoms with Gasteiger partial charge in [0.25, 0.3) is 0 Å². The van der Waals surface area contributed by atoms with Crippen molar-refractivity contribution in [2.45, 2.75) is 30.9 Å². The summed E-state index contributed by atoms with van der Waals surface area (Å²) < 4.78 is 5.63. The van der Waals surface area contributed by atoms with E-state index in [4.69, 9.17) is 9.41 Å². The number of thioether (sulfide) groups is 1. The van der Waals surface area contributed by atoms with Crippen molar-refractivity contribution < 1.29 is 4.42 Å². The molecule has 1 aromatic heterocycles. The number of aliphatic imine (C=N–C) groups is 1. The van der Waals surface area contributed by atoms with Gasteiger partial charge in [-0.1, -0.05) is 6.08 Å². The van der Waals surface area contributed by atoms with Gasteiger partial charge in [0.05, 0.1) is 12.8 Å². The molecule has 116 valence electrons. The lowest BCUT2D eigenvalue weighted by atomic mass is 10.1. The van der Waals surface area contributed by atoms with Gasteiger partial charge in [-0.25, -0.2) is 0 Å². The minimum atomic E-state index is 0.295. The monoisotopic (exact) mass is 307 g/mol. The minimum absolute atomic E-state index is 0.295. The lowest BCUT2D eigenvalue weighted by Gasteiger charge is -2.21. The summed E-state index contributed by atoms with van der Waals surface area (Å²) in [5, 5.41) is 6.63. The van der Waals surface area contributed by atoms with E-state index in [9.17, 15) is 0 Å². The number of guanidine groups is 1. The van der Waals surface area contributed by atoms with Gasteiger partial charge in [-0.2, -0.15) is 11.8 Å². The summed E-state index contributed by atoms with van der Waals surface area (Å²) in [6, 6.07) is 3.91. The van der Waals surface area contributed by atoms with Crippen molar-refractivity contribution in [1.29, 1.82) is 0 Å². The first-order valence-electron chi connectivity index (χ1n) is 7.51. The van der Waals surface area contributed by atoms with E-state index in [1.807, 2.05) is 30.0 Å². The molecule has 0 aliphatic carbocycles. The van der Waals surface area contributed by atoms with Crippen molar-refractivity contribution in [3.8, 4) is 0 Å². The summed E-state index contributed by atoms with van der Waals surface area (Å²) in [5.41, 5.74) is 0. The minimum Gasteiger partial charge on any atom is -0.469 e. The lowest BCUT2D eigenvalue weighted by molar-refractivity contribution is 0.506. The van der Waals surface area contributed by atoms with Gasteiger partial charge in [-0.15, -0.1) is 6.58 Å². The second-order valence-corrected chi connectivity index (χ2v) is 7.17. The number of nitrogens with one attached hydrogen (secondary N) is 2. The van der Waals surface area contributed by atoms with E-state index in [0.717, 1.165) is 37.8 Å². The quantitative estimate of drug-likeness (QED) is 0.462. The fourth-order valence-electron chi connectivity index (χ4n) is 2.31. The third-order valence-electron chi connectivity index (χ3n) is 3.53. The van der Waals surface area contributed by atoms with Crippen LogP contribution in [-0.4, -0.2) is 36.1 Å². The van der Waals surface area contributed by atoms with Crippen molar-refractivity contribution in [3.63, 3.8) is 0 Å². The molecule has 5 heteroatoms. The van der Waals surface area contributed by atoms with Gasteiger partial charge in [0, 0.05) is 24.3 Å². The van der Waals surface area contributed by atoms with Crippen LogP contribution in [0.3, 0.4) is 0 Å². The third-order valence-corrected chi connectivity index (χ3v) is 5.05. The van der Waals surface area contributed by atoms with Crippen molar-refractivity contribution in [3.05, 3.63) is 36.8 Å². The van der Waals surface area contributed by atoms with Gasteiger partial charge < -0.3 is 15.1 Å². The Kier molecular flexibility index (Phi) is 6.23. The van der Waals surface area contributed by atoms with Gasteiger partial charge in [0.2, 0.25) is 0 Å². The molecular formula is C16H25N3OS. The zero-order valence-electron chi connectivity index (χ0n) is 12.7. The van der Waals surface area contributed by atoms with E-state index in [0.29, 0.717) is 4.75 Å². The van der Waals surface area contributed by atoms with Gasteiger partial charge in [-0.05, 0) is 37.7 Å². The molecule has 1 fully saturated rings. The molecule has 4 nitrogen and oxygen atoms in total. The van der Waals surface area contributed by atoms with Crippen LogP contribution in [0.5, 0.6) is 0 Å². The molecular weight excluding hydrogens is 282 g/mol. The van der Waals surface area contributed by atoms with E-state index < -0.39 is 0 Å². The molecule has 0 amide bonds. The maximum absolute atomic E-state index is 5.33. The standard InChI is InChI=1S/C16H25N3OS/c1-3-9-17-15(18-10-7-14-6-4-11-20-14)19-13-16(2)8-5-12-21-16/h3-4,6,11H,1,5,7-10,12-13H2,2H3,(H2,17,18,19). The highest BCUT2D eigenvalue weighted by Crippen LogP contribution is 2.37. The van der Waals surface area contributed by atoms with E-state index in [2.05, 4.69) is 24.1 Å². The SMILES string of the molecule is C=CCNC(=NCC1(C)CCCS1)NCCc1ccco1. The van der Waals surface area contributed by atoms with Crippen LogP contribution in [0.25, 0.3) is 0 Å². The number of rotatable bonds is 7. The second kappa shape index (κ2) is 8.17. The Morgan fingerprint density at radius 1 is 1.57 bits per heavy atom. The van der Waals surface area contributed by atoms with E-state index in [1.54, 1.807) is 6.26 Å². The zero-order valence-corrected chi connectivity index (χ0v) is 13.5.